The van der Waals surface area contributed by atoms with Crippen LogP contribution in [0.25, 0.3) is 0 Å². The third kappa shape index (κ3) is 83.8. The van der Waals surface area contributed by atoms with Crippen LogP contribution in [0.2, 0.25) is 0 Å². The van der Waals surface area contributed by atoms with Crippen molar-refractivity contribution in [3.63, 3.8) is 0 Å². The summed E-state index contributed by atoms with van der Waals surface area (Å²) in [5.41, 5.74) is 0. The SMILES string of the molecule is C=C.C=C.C=C.C=C.C=C.C=C.C=C.C=C.CNCOCCCC(COP(=O)(O)OCCOP(=O)(O)O/C=C/OOOOOCCOP(=O)(O)OCCO)OP(=O)(O)OCCOP(=O)(O)OCCOOOOO/C=C/OP(C)(=O)O. The zero-order valence-corrected chi connectivity index (χ0v) is 49.9. The zero-order valence-electron chi connectivity index (χ0n) is 44.6. The summed E-state index contributed by atoms with van der Waals surface area (Å²) < 4.78 is 126. The second-order valence-corrected chi connectivity index (χ2v) is 19.3. The number of hydrogen-bond donors (Lipinski definition) is 8. The minimum Gasteiger partial charge on any atom is -0.429 e. The maximum atomic E-state index is 12.6. The monoisotopic (exact) mass is 1300 g/mol. The van der Waals surface area contributed by atoms with Gasteiger partial charge in [0.15, 0.2) is 12.5 Å². The molecule has 0 aliphatic rings. The fourth-order valence-electron chi connectivity index (χ4n) is 2.92. The Morgan fingerprint density at radius 2 is 0.775 bits per heavy atom. The van der Waals surface area contributed by atoms with Gasteiger partial charge in [-0.05, 0) is 30.0 Å². The maximum absolute atomic E-state index is 12.6. The summed E-state index contributed by atoms with van der Waals surface area (Å²) in [6.07, 6.45) is 0.832. The van der Waals surface area contributed by atoms with Crippen molar-refractivity contribution in [3.05, 3.63) is 130 Å². The molecule has 0 bridgehead atoms. The average Bonchev–Trinajstić information content (AvgIpc) is 3.44. The molecule has 0 rings (SSSR count). The lowest BCUT2D eigenvalue weighted by atomic mass is 10.2. The van der Waals surface area contributed by atoms with Crippen LogP contribution in [0.15, 0.2) is 130 Å². The molecule has 0 aliphatic heterocycles. The summed E-state index contributed by atoms with van der Waals surface area (Å²) in [5, 5.41) is 34.8. The van der Waals surface area contributed by atoms with Crippen molar-refractivity contribution < 1.29 is 166 Å². The van der Waals surface area contributed by atoms with Crippen LogP contribution in [-0.2, 0) is 132 Å². The van der Waals surface area contributed by atoms with Crippen molar-refractivity contribution in [1.29, 1.82) is 0 Å². The lowest BCUT2D eigenvalue weighted by molar-refractivity contribution is -0.700. The lowest BCUT2D eigenvalue weighted by Crippen LogP contribution is -2.21. The van der Waals surface area contributed by atoms with Crippen molar-refractivity contribution in [2.75, 3.05) is 99.7 Å². The van der Waals surface area contributed by atoms with Gasteiger partial charge in [-0.3, -0.25) is 50.9 Å². The fraction of sp³-hybridized carbons (Fsp3) is 0.474. The van der Waals surface area contributed by atoms with Crippen molar-refractivity contribution in [1.82, 2.24) is 5.32 Å². The molecule has 0 saturated carbocycles. The van der Waals surface area contributed by atoms with Gasteiger partial charge in [-0.25, -0.2) is 37.2 Å². The van der Waals surface area contributed by atoms with Gasteiger partial charge in [0.25, 0.3) is 0 Å². The van der Waals surface area contributed by atoms with E-state index in [0.717, 1.165) is 6.66 Å². The first-order chi connectivity index (χ1) is 38.0. The van der Waals surface area contributed by atoms with Crippen LogP contribution in [0.5, 0.6) is 0 Å². The molecule has 80 heavy (non-hydrogen) atoms. The Bertz CT molecular complexity index is 1680. The molecule has 36 nitrogen and oxygen atoms in total. The first kappa shape index (κ1) is 96.1. The molecule has 0 spiro atoms. The van der Waals surface area contributed by atoms with Gasteiger partial charge in [-0.15, -0.1) is 105 Å². The van der Waals surface area contributed by atoms with E-state index >= 15 is 0 Å². The molecule has 0 aliphatic carbocycles. The van der Waals surface area contributed by atoms with Gasteiger partial charge in [0.2, 0.25) is 0 Å². The van der Waals surface area contributed by atoms with Crippen LogP contribution in [0.1, 0.15) is 12.8 Å². The predicted octanol–water partition coefficient (Wildman–Crippen LogP) is 7.67. The number of phosphoric acid groups is 5. The van der Waals surface area contributed by atoms with Gasteiger partial charge in [-0.2, -0.15) is 0 Å². The number of aliphatic hydroxyl groups excluding tert-OH is 1. The zero-order chi connectivity index (χ0) is 64.3. The molecule has 7 atom stereocenters. The third-order valence-corrected chi connectivity index (χ3v) is 10.6. The molecule has 478 valence electrons. The summed E-state index contributed by atoms with van der Waals surface area (Å²) >= 11 is 0. The third-order valence-electron chi connectivity index (χ3n) is 5.10. The molecule has 0 aromatic rings. The Morgan fingerprint density at radius 1 is 0.425 bits per heavy atom. The molecule has 0 saturated heterocycles. The highest BCUT2D eigenvalue weighted by Gasteiger charge is 2.31. The maximum Gasteiger partial charge on any atom is 0.527 e. The first-order valence-electron chi connectivity index (χ1n) is 20.9. The Hall–Kier alpha value is -3.06. The highest BCUT2D eigenvalue weighted by Crippen LogP contribution is 2.49. The van der Waals surface area contributed by atoms with Crippen LogP contribution in [0, 0.1) is 0 Å². The van der Waals surface area contributed by atoms with E-state index in [4.69, 9.17) is 28.3 Å². The normalized spacial score (nSPS) is 15.1. The molecule has 8 N–H and O–H groups in total. The van der Waals surface area contributed by atoms with E-state index in [1.165, 1.54) is 0 Å². The number of nitrogens with one attached hydrogen (secondary N) is 1. The molecule has 0 radical (unpaired) electrons. The van der Waals surface area contributed by atoms with E-state index < -0.39 is 125 Å². The Labute approximate surface area is 466 Å². The van der Waals surface area contributed by atoms with Gasteiger partial charge >= 0.3 is 46.7 Å². The van der Waals surface area contributed by atoms with E-state index in [1.807, 2.05) is 0 Å². The summed E-state index contributed by atoms with van der Waals surface area (Å²) in [7, 11) is -26.2. The van der Waals surface area contributed by atoms with Crippen LogP contribution in [0.3, 0.4) is 0 Å². The fourth-order valence-corrected chi connectivity index (χ4v) is 6.79. The molecule has 0 amide bonds. The Balaban J connectivity index is -0.000000410. The minimum atomic E-state index is -5.01. The van der Waals surface area contributed by atoms with Crippen molar-refractivity contribution in [3.8, 4) is 0 Å². The minimum absolute atomic E-state index is 0.0906. The number of aliphatic hydroxyl groups is 1. The van der Waals surface area contributed by atoms with E-state index in [-0.39, 0.29) is 26.2 Å². The van der Waals surface area contributed by atoms with E-state index in [1.54, 1.807) is 7.05 Å². The van der Waals surface area contributed by atoms with Gasteiger partial charge in [0.05, 0.1) is 72.3 Å². The van der Waals surface area contributed by atoms with Crippen molar-refractivity contribution in [2.45, 2.75) is 18.9 Å². The summed E-state index contributed by atoms with van der Waals surface area (Å²) in [6.45, 7) is 41.8. The van der Waals surface area contributed by atoms with Gasteiger partial charge in [0.1, 0.15) is 25.7 Å². The standard InChI is InChI=1S/C22H49NO35P6.8C2H4/c1-23-21-37-6-3-4-22(52-64(35,36)50-19-18-48-62(31,32)46-15-11-40-54-57-53-38-8-12-42-59(2,25)26)20-51-63(33,34)49-17-16-47-61(29,30)45-14-10-41-56-58-55-39-9-13-44-60(27,28)43-7-5-24;8*1-2/h8,10,12,14,22-24H,3-7,9,11,13,15-21H2,1-2H3,(H,25,26)(H,27,28)(H,29,30)(H,31,32)(H,33,34)(H,35,36);8*1-2H2/b12-8+,14-10+;;;;;;;;. The second kappa shape index (κ2) is 70.2. The van der Waals surface area contributed by atoms with Gasteiger partial charge in [0, 0.05) is 33.4 Å². The van der Waals surface area contributed by atoms with Gasteiger partial charge < -0.3 is 53.1 Å². The van der Waals surface area contributed by atoms with E-state index in [2.05, 4.69) is 197 Å². The Morgan fingerprint density at radius 3 is 1.16 bits per heavy atom. The number of ether oxygens (including phenoxy) is 1. The molecule has 0 aromatic heterocycles. The number of rotatable bonds is 46. The molecule has 0 heterocycles. The summed E-state index contributed by atoms with van der Waals surface area (Å²) in [6, 6.07) is 0. The number of phosphoric ester groups is 5. The largest absolute Gasteiger partial charge is 0.527 e. The highest BCUT2D eigenvalue weighted by molar-refractivity contribution is 7.52. The van der Waals surface area contributed by atoms with Crippen LogP contribution < -0.4 is 5.32 Å². The van der Waals surface area contributed by atoms with Crippen molar-refractivity contribution in [2.24, 2.45) is 0 Å². The molecule has 0 aromatic carbocycles. The Kier molecular flexibility index (Phi) is 84.4. The van der Waals surface area contributed by atoms with Gasteiger partial charge in [-0.1, -0.05) is 0 Å². The van der Waals surface area contributed by atoms with E-state index in [9.17, 15) is 51.9 Å². The quantitative estimate of drug-likeness (QED) is 0.00551. The lowest BCUT2D eigenvalue weighted by Gasteiger charge is -2.22. The first-order valence-corrected chi connectivity index (χ1v) is 30.4. The smallest absolute Gasteiger partial charge is 0.429 e. The topological polar surface area (TPSA) is 459 Å². The van der Waals surface area contributed by atoms with Crippen LogP contribution >= 0.6 is 46.7 Å². The second-order valence-electron chi connectivity index (χ2n) is 10.3. The summed E-state index contributed by atoms with van der Waals surface area (Å²) in [4.78, 5) is 74.6. The van der Waals surface area contributed by atoms with Crippen LogP contribution in [-0.4, -0.2) is 140 Å². The van der Waals surface area contributed by atoms with Crippen LogP contribution in [0.4, 0.5) is 0 Å². The molecule has 0 fully saturated rings. The molecule has 7 unspecified atom stereocenters. The predicted molar refractivity (Wildman–Crippen MR) is 285 cm³/mol. The summed E-state index contributed by atoms with van der Waals surface area (Å²) in [5.74, 6) is 0. The average molecular weight is 1300 g/mol. The number of hydrogen-bond acceptors (Lipinski definition) is 30. The van der Waals surface area contributed by atoms with E-state index in [0.29, 0.717) is 25.0 Å². The highest BCUT2D eigenvalue weighted by atomic mass is 31.2. The molecule has 42 heteroatoms. The molecular formula is C38H81NO35P6. The van der Waals surface area contributed by atoms with Crippen molar-refractivity contribution >= 4 is 46.7 Å². The molecular weight excluding hydrogens is 1220 g/mol.